The quantitative estimate of drug-likeness (QED) is 0.156. The van der Waals surface area contributed by atoms with Crippen LogP contribution in [0, 0.1) is 13.0 Å². The van der Waals surface area contributed by atoms with Crippen LogP contribution in [0.1, 0.15) is 16.7 Å². The molecule has 4 nitrogen and oxygen atoms in total. The number of aromatic nitrogens is 2. The minimum atomic E-state index is 0. The second kappa shape index (κ2) is 14.4. The molecule has 2 heterocycles. The molecule has 0 aliphatic carbocycles. The molecule has 0 aliphatic rings. The number of nitrogens with zero attached hydrogens (tertiary/aromatic N) is 3. The maximum absolute atomic E-state index is 10.7. The van der Waals surface area contributed by atoms with Crippen LogP contribution in [0.15, 0.2) is 158 Å². The molecule has 0 fully saturated rings. The van der Waals surface area contributed by atoms with Crippen molar-refractivity contribution in [3.05, 3.63) is 181 Å². The number of hydrogen-bond donors (Lipinski definition) is 1. The number of anilines is 3. The fraction of sp³-hybridized carbons (Fsp3) is 0.0476. The summed E-state index contributed by atoms with van der Waals surface area (Å²) in [6, 6.07) is 54.8. The number of aromatic hydroxyl groups is 1. The zero-order chi connectivity index (χ0) is 31.3. The summed E-state index contributed by atoms with van der Waals surface area (Å²) in [5.41, 5.74) is 10.5. The number of aryl methyl sites for hydroxylation is 1. The second-order valence-corrected chi connectivity index (χ2v) is 11.3. The fourth-order valence-electron chi connectivity index (χ4n) is 5.75. The molecule has 0 radical (unpaired) electrons. The summed E-state index contributed by atoms with van der Waals surface area (Å²) >= 11 is 0. The normalized spacial score (nSPS) is 10.7. The van der Waals surface area contributed by atoms with E-state index in [-0.39, 0.29) is 26.8 Å². The van der Waals surface area contributed by atoms with E-state index in [4.69, 9.17) is 9.97 Å². The summed E-state index contributed by atoms with van der Waals surface area (Å²) in [6.07, 6.45) is 2.61. The van der Waals surface area contributed by atoms with Crippen molar-refractivity contribution in [3.63, 3.8) is 0 Å². The smallest absolute Gasteiger partial charge is 0.136 e. The van der Waals surface area contributed by atoms with Gasteiger partial charge in [-0.15, -0.1) is 29.3 Å². The van der Waals surface area contributed by atoms with Crippen LogP contribution in [0.2, 0.25) is 0 Å². The van der Waals surface area contributed by atoms with Gasteiger partial charge in [-0.05, 0) is 83.4 Å². The number of phenolic OH excluding ortho intramolecular Hbond substituents is 1. The first-order chi connectivity index (χ1) is 22.6. The van der Waals surface area contributed by atoms with Crippen molar-refractivity contribution in [2.24, 2.45) is 0 Å². The summed E-state index contributed by atoms with van der Waals surface area (Å²) in [5.74, 6) is 0.996. The van der Waals surface area contributed by atoms with Crippen molar-refractivity contribution in [1.82, 2.24) is 9.97 Å². The average molecular weight is 790 g/mol. The van der Waals surface area contributed by atoms with E-state index in [1.807, 2.05) is 73.8 Å². The Kier molecular flexibility index (Phi) is 9.71. The van der Waals surface area contributed by atoms with Gasteiger partial charge in [-0.25, -0.2) is 4.98 Å². The van der Waals surface area contributed by atoms with Crippen molar-refractivity contribution in [2.75, 3.05) is 4.90 Å². The van der Waals surface area contributed by atoms with Gasteiger partial charge >= 0.3 is 0 Å². The molecular formula is C42H32N3OPt-. The average Bonchev–Trinajstić information content (AvgIpc) is 3.10. The first kappa shape index (κ1) is 31.7. The van der Waals surface area contributed by atoms with Crippen LogP contribution in [0.25, 0.3) is 33.6 Å². The number of rotatable bonds is 8. The number of pyridine rings is 2. The Morgan fingerprint density at radius 2 is 1.34 bits per heavy atom. The molecule has 47 heavy (non-hydrogen) atoms. The minimum Gasteiger partial charge on any atom is -0.507 e. The molecule has 0 atom stereocenters. The van der Waals surface area contributed by atoms with Gasteiger partial charge in [-0.3, -0.25) is 4.98 Å². The predicted molar refractivity (Wildman–Crippen MR) is 188 cm³/mol. The van der Waals surface area contributed by atoms with Crippen molar-refractivity contribution in [3.8, 4) is 39.4 Å². The molecule has 232 valence electrons. The van der Waals surface area contributed by atoms with E-state index >= 15 is 0 Å². The van der Waals surface area contributed by atoms with Crippen LogP contribution in [0.3, 0.4) is 0 Å². The largest absolute Gasteiger partial charge is 0.507 e. The Bertz CT molecular complexity index is 2100. The Balaban J connectivity index is 0.00000386. The van der Waals surface area contributed by atoms with E-state index in [1.54, 1.807) is 6.07 Å². The zero-order valence-corrected chi connectivity index (χ0v) is 28.1. The Morgan fingerprint density at radius 1 is 0.660 bits per heavy atom. The van der Waals surface area contributed by atoms with Crippen LogP contribution in [0.5, 0.6) is 5.75 Å². The number of benzene rings is 5. The monoisotopic (exact) mass is 789 g/mol. The second-order valence-electron chi connectivity index (χ2n) is 11.3. The van der Waals surface area contributed by atoms with Crippen molar-refractivity contribution in [2.45, 2.75) is 13.3 Å². The van der Waals surface area contributed by atoms with Gasteiger partial charge in [0.15, 0.2) is 0 Å². The van der Waals surface area contributed by atoms with Crippen LogP contribution in [-0.2, 0) is 27.5 Å². The number of para-hydroxylation sites is 2. The topological polar surface area (TPSA) is 49.2 Å². The summed E-state index contributed by atoms with van der Waals surface area (Å²) in [6.45, 7) is 2.02. The molecular weight excluding hydrogens is 758 g/mol. The molecule has 2 aromatic heterocycles. The third-order valence-electron chi connectivity index (χ3n) is 8.03. The van der Waals surface area contributed by atoms with E-state index < -0.39 is 0 Å². The van der Waals surface area contributed by atoms with Crippen LogP contribution < -0.4 is 4.90 Å². The van der Waals surface area contributed by atoms with Crippen LogP contribution in [-0.4, -0.2) is 15.1 Å². The molecule has 0 spiro atoms. The summed E-state index contributed by atoms with van der Waals surface area (Å²) in [4.78, 5) is 12.1. The van der Waals surface area contributed by atoms with Gasteiger partial charge in [0.1, 0.15) is 11.6 Å². The van der Waals surface area contributed by atoms with E-state index in [2.05, 4.69) is 95.9 Å². The summed E-state index contributed by atoms with van der Waals surface area (Å²) in [7, 11) is 0. The van der Waals surface area contributed by atoms with Gasteiger partial charge in [0.05, 0.1) is 5.69 Å². The Hall–Kier alpha value is -5.31. The van der Waals surface area contributed by atoms with E-state index in [0.717, 1.165) is 62.8 Å². The molecule has 0 saturated carbocycles. The Morgan fingerprint density at radius 3 is 2.09 bits per heavy atom. The number of hydrogen-bond acceptors (Lipinski definition) is 4. The van der Waals surface area contributed by atoms with Crippen LogP contribution in [0.4, 0.5) is 17.2 Å². The third kappa shape index (κ3) is 7.09. The maximum Gasteiger partial charge on any atom is 0.136 e. The molecule has 5 heteroatoms. The van der Waals surface area contributed by atoms with Gasteiger partial charge in [0.25, 0.3) is 0 Å². The van der Waals surface area contributed by atoms with Gasteiger partial charge in [0.2, 0.25) is 0 Å². The molecule has 0 saturated heterocycles. The standard InChI is InChI=1S/C42H32N3O.Pt/c1-30-21-22-39(44-42(30)38-19-11-12-20-40(38)46)35-26-32(25-31-13-5-2-6-14-31)27-37(28-35)45(36-17-9-4-10-18-36)41-29-34(23-24-43-41)33-15-7-3-8-16-33;/h2-24,26-27,29,46H,25H2,1H3;/q-1;. The van der Waals surface area contributed by atoms with Crippen molar-refractivity contribution >= 4 is 17.2 Å². The Labute approximate surface area is 290 Å². The molecule has 0 bridgehead atoms. The first-order valence-corrected chi connectivity index (χ1v) is 15.4. The molecule has 5 aromatic carbocycles. The molecule has 0 aliphatic heterocycles. The van der Waals surface area contributed by atoms with E-state index in [0.29, 0.717) is 5.56 Å². The zero-order valence-electron chi connectivity index (χ0n) is 25.8. The molecule has 7 aromatic rings. The van der Waals surface area contributed by atoms with Gasteiger partial charge in [-0.1, -0.05) is 103 Å². The maximum atomic E-state index is 10.7. The summed E-state index contributed by atoms with van der Waals surface area (Å²) in [5, 5.41) is 10.7. The molecule has 0 amide bonds. The SMILES string of the molecule is Cc1ccc(-c2[c-]c(N(c3ccccc3)c3cc(-c4ccccc4)ccn3)cc(Cc3ccccc3)c2)nc1-c1ccccc1O.[Pt]. The molecule has 7 rings (SSSR count). The first-order valence-electron chi connectivity index (χ1n) is 15.4. The molecule has 1 N–H and O–H groups in total. The van der Waals surface area contributed by atoms with E-state index in [9.17, 15) is 5.11 Å². The predicted octanol–water partition coefficient (Wildman–Crippen LogP) is 10.3. The number of phenols is 1. The van der Waals surface area contributed by atoms with Gasteiger partial charge in [0, 0.05) is 38.5 Å². The van der Waals surface area contributed by atoms with E-state index in [1.165, 1.54) is 5.56 Å². The summed E-state index contributed by atoms with van der Waals surface area (Å²) < 4.78 is 0. The molecule has 0 unspecified atom stereocenters. The third-order valence-corrected chi connectivity index (χ3v) is 8.03. The van der Waals surface area contributed by atoms with Crippen molar-refractivity contribution in [1.29, 1.82) is 0 Å². The minimum absolute atomic E-state index is 0. The van der Waals surface area contributed by atoms with Gasteiger partial charge in [-0.2, -0.15) is 0 Å². The fourth-order valence-corrected chi connectivity index (χ4v) is 5.75. The van der Waals surface area contributed by atoms with Crippen molar-refractivity contribution < 1.29 is 26.2 Å². The van der Waals surface area contributed by atoms with Gasteiger partial charge < -0.3 is 10.0 Å². The van der Waals surface area contributed by atoms with Crippen LogP contribution >= 0.6 is 0 Å².